The zero-order valence-corrected chi connectivity index (χ0v) is 17.1. The SMILES string of the molecule is Cc1ccc(NC(=O)c2sc3ncnc(N4CCC(C)CC4)c3c2C)cc1F. The molecule has 1 saturated heterocycles. The second kappa shape index (κ2) is 7.47. The summed E-state index contributed by atoms with van der Waals surface area (Å²) in [6, 6.07) is 4.71. The minimum absolute atomic E-state index is 0.248. The Kier molecular flexibility index (Phi) is 5.02. The number of aromatic nitrogens is 2. The molecular formula is C21H23FN4OS. The van der Waals surface area contributed by atoms with Crippen molar-refractivity contribution in [2.75, 3.05) is 23.3 Å². The predicted molar refractivity (Wildman–Crippen MR) is 112 cm³/mol. The Bertz CT molecular complexity index is 1040. The van der Waals surface area contributed by atoms with Crippen LogP contribution in [-0.4, -0.2) is 29.0 Å². The molecule has 0 atom stereocenters. The molecule has 0 unspecified atom stereocenters. The molecule has 1 fully saturated rings. The Hall–Kier alpha value is -2.54. The van der Waals surface area contributed by atoms with Gasteiger partial charge in [-0.15, -0.1) is 11.3 Å². The van der Waals surface area contributed by atoms with E-state index >= 15 is 0 Å². The highest BCUT2D eigenvalue weighted by molar-refractivity contribution is 7.20. The molecule has 0 spiro atoms. The van der Waals surface area contributed by atoms with Crippen LogP contribution in [0.15, 0.2) is 24.5 Å². The van der Waals surface area contributed by atoms with Crippen LogP contribution >= 0.6 is 11.3 Å². The third-order valence-electron chi connectivity index (χ3n) is 5.43. The van der Waals surface area contributed by atoms with Crippen LogP contribution in [0, 0.1) is 25.6 Å². The molecule has 1 aliphatic heterocycles. The molecule has 0 radical (unpaired) electrons. The number of fused-ring (bicyclic) bond motifs is 1. The van der Waals surface area contributed by atoms with E-state index in [1.807, 2.05) is 6.92 Å². The van der Waals surface area contributed by atoms with Crippen molar-refractivity contribution >= 4 is 39.0 Å². The minimum atomic E-state index is -0.335. The van der Waals surface area contributed by atoms with Crippen molar-refractivity contribution in [3.8, 4) is 0 Å². The van der Waals surface area contributed by atoms with Gasteiger partial charge in [-0.25, -0.2) is 14.4 Å². The number of thiophene rings is 1. The van der Waals surface area contributed by atoms with Crippen molar-refractivity contribution in [1.82, 2.24) is 9.97 Å². The third kappa shape index (κ3) is 3.46. The number of hydrogen-bond acceptors (Lipinski definition) is 5. The normalized spacial score (nSPS) is 15.2. The van der Waals surface area contributed by atoms with E-state index in [0.717, 1.165) is 53.4 Å². The van der Waals surface area contributed by atoms with E-state index in [1.165, 1.54) is 17.4 Å². The maximum absolute atomic E-state index is 13.8. The number of nitrogens with zero attached hydrogens (tertiary/aromatic N) is 3. The van der Waals surface area contributed by atoms with Gasteiger partial charge in [0.1, 0.15) is 22.8 Å². The van der Waals surface area contributed by atoms with Crippen molar-refractivity contribution in [2.45, 2.75) is 33.6 Å². The van der Waals surface area contributed by atoms with Crippen molar-refractivity contribution in [1.29, 1.82) is 0 Å². The van der Waals surface area contributed by atoms with E-state index in [2.05, 4.69) is 27.1 Å². The van der Waals surface area contributed by atoms with Gasteiger partial charge in [0.2, 0.25) is 0 Å². The van der Waals surface area contributed by atoms with Gasteiger partial charge in [0.05, 0.1) is 10.3 Å². The molecule has 1 N–H and O–H groups in total. The minimum Gasteiger partial charge on any atom is -0.356 e. The molecule has 1 amide bonds. The molecule has 3 aromatic rings. The maximum Gasteiger partial charge on any atom is 0.266 e. The number of anilines is 2. The summed E-state index contributed by atoms with van der Waals surface area (Å²) in [6.45, 7) is 7.83. The molecule has 4 rings (SSSR count). The first-order chi connectivity index (χ1) is 13.4. The fourth-order valence-electron chi connectivity index (χ4n) is 3.59. The average molecular weight is 399 g/mol. The maximum atomic E-state index is 13.8. The summed E-state index contributed by atoms with van der Waals surface area (Å²) in [5.74, 6) is 1.06. The van der Waals surface area contributed by atoms with Crippen LogP contribution in [0.25, 0.3) is 10.2 Å². The molecule has 146 valence electrons. The number of halogens is 1. The van der Waals surface area contributed by atoms with E-state index in [9.17, 15) is 9.18 Å². The molecule has 7 heteroatoms. The van der Waals surface area contributed by atoms with E-state index in [4.69, 9.17) is 0 Å². The number of carbonyl (C=O) groups is 1. The van der Waals surface area contributed by atoms with Gasteiger partial charge in [-0.2, -0.15) is 0 Å². The second-order valence-corrected chi connectivity index (χ2v) is 8.52. The van der Waals surface area contributed by atoms with E-state index < -0.39 is 0 Å². The summed E-state index contributed by atoms with van der Waals surface area (Å²) in [7, 11) is 0. The van der Waals surface area contributed by atoms with E-state index in [0.29, 0.717) is 16.1 Å². The van der Waals surface area contributed by atoms with Crippen molar-refractivity contribution in [2.24, 2.45) is 5.92 Å². The fourth-order valence-corrected chi connectivity index (χ4v) is 4.63. The number of aryl methyl sites for hydroxylation is 2. The first kappa shape index (κ1) is 18.8. The second-order valence-electron chi connectivity index (χ2n) is 7.52. The molecule has 3 heterocycles. The van der Waals surface area contributed by atoms with Gasteiger partial charge in [-0.05, 0) is 55.9 Å². The summed E-state index contributed by atoms with van der Waals surface area (Å²) < 4.78 is 13.8. The predicted octanol–water partition coefficient (Wildman–Crippen LogP) is 4.94. The number of rotatable bonds is 3. The standard InChI is InChI=1S/C21H23FN4OS/c1-12-6-8-26(9-7-12)19-17-14(3)18(28-21(17)24-11-23-19)20(27)25-15-5-4-13(2)16(22)10-15/h4-5,10-12H,6-9H2,1-3H3,(H,25,27). The van der Waals surface area contributed by atoms with E-state index in [-0.39, 0.29) is 11.7 Å². The highest BCUT2D eigenvalue weighted by Crippen LogP contribution is 2.36. The van der Waals surface area contributed by atoms with Gasteiger partial charge >= 0.3 is 0 Å². The van der Waals surface area contributed by atoms with Crippen LogP contribution < -0.4 is 10.2 Å². The van der Waals surface area contributed by atoms with Crippen LogP contribution in [-0.2, 0) is 0 Å². The molecule has 2 aromatic heterocycles. The zero-order chi connectivity index (χ0) is 19.8. The Morgan fingerprint density at radius 1 is 1.25 bits per heavy atom. The third-order valence-corrected chi connectivity index (χ3v) is 6.62. The topological polar surface area (TPSA) is 58.1 Å². The van der Waals surface area contributed by atoms with Gasteiger partial charge in [0.25, 0.3) is 5.91 Å². The number of hydrogen-bond donors (Lipinski definition) is 1. The number of benzene rings is 1. The van der Waals surface area contributed by atoms with Gasteiger partial charge < -0.3 is 10.2 Å². The first-order valence-corrected chi connectivity index (χ1v) is 10.3. The van der Waals surface area contributed by atoms with Crippen LogP contribution in [0.5, 0.6) is 0 Å². The molecule has 0 bridgehead atoms. The van der Waals surface area contributed by atoms with Crippen LogP contribution in [0.1, 0.15) is 40.6 Å². The number of carbonyl (C=O) groups excluding carboxylic acids is 1. The van der Waals surface area contributed by atoms with Gasteiger partial charge in [-0.1, -0.05) is 13.0 Å². The number of nitrogens with one attached hydrogen (secondary N) is 1. The average Bonchev–Trinajstić information content (AvgIpc) is 3.02. The van der Waals surface area contributed by atoms with Crippen molar-refractivity contribution in [3.63, 3.8) is 0 Å². The lowest BCUT2D eigenvalue weighted by Gasteiger charge is -2.31. The molecule has 28 heavy (non-hydrogen) atoms. The van der Waals surface area contributed by atoms with Gasteiger partial charge in [0.15, 0.2) is 0 Å². The summed E-state index contributed by atoms with van der Waals surface area (Å²) >= 11 is 1.35. The highest BCUT2D eigenvalue weighted by Gasteiger charge is 2.24. The number of amides is 1. The summed E-state index contributed by atoms with van der Waals surface area (Å²) in [6.07, 6.45) is 3.85. The van der Waals surface area contributed by atoms with Crippen LogP contribution in [0.4, 0.5) is 15.9 Å². The Morgan fingerprint density at radius 2 is 2.00 bits per heavy atom. The quantitative estimate of drug-likeness (QED) is 0.679. The van der Waals surface area contributed by atoms with E-state index in [1.54, 1.807) is 25.4 Å². The van der Waals surface area contributed by atoms with Crippen LogP contribution in [0.2, 0.25) is 0 Å². The molecular weight excluding hydrogens is 375 g/mol. The lowest BCUT2D eigenvalue weighted by atomic mass is 9.99. The lowest BCUT2D eigenvalue weighted by molar-refractivity contribution is 0.103. The van der Waals surface area contributed by atoms with Gasteiger partial charge in [0, 0.05) is 18.8 Å². The lowest BCUT2D eigenvalue weighted by Crippen LogP contribution is -2.33. The Morgan fingerprint density at radius 3 is 2.71 bits per heavy atom. The monoisotopic (exact) mass is 398 g/mol. The largest absolute Gasteiger partial charge is 0.356 e. The Balaban J connectivity index is 1.66. The Labute approximate surface area is 167 Å². The molecule has 0 aliphatic carbocycles. The van der Waals surface area contributed by atoms with Gasteiger partial charge in [-0.3, -0.25) is 4.79 Å². The highest BCUT2D eigenvalue weighted by atomic mass is 32.1. The molecule has 1 aliphatic rings. The molecule has 1 aromatic carbocycles. The summed E-state index contributed by atoms with van der Waals surface area (Å²) in [5.41, 5.74) is 1.87. The van der Waals surface area contributed by atoms with Crippen molar-refractivity contribution in [3.05, 3.63) is 46.3 Å². The summed E-state index contributed by atoms with van der Waals surface area (Å²) in [5, 5.41) is 3.75. The first-order valence-electron chi connectivity index (χ1n) is 9.50. The molecule has 0 saturated carbocycles. The zero-order valence-electron chi connectivity index (χ0n) is 16.3. The number of piperidine rings is 1. The summed E-state index contributed by atoms with van der Waals surface area (Å²) in [4.78, 5) is 25.5. The fraction of sp³-hybridized carbons (Fsp3) is 0.381. The molecule has 5 nitrogen and oxygen atoms in total. The smallest absolute Gasteiger partial charge is 0.266 e. The van der Waals surface area contributed by atoms with Crippen molar-refractivity contribution < 1.29 is 9.18 Å². The van der Waals surface area contributed by atoms with Crippen LogP contribution in [0.3, 0.4) is 0 Å².